The molecule has 6 aromatic rings. The average Bonchev–Trinajstić information content (AvgIpc) is 3.67. The van der Waals surface area contributed by atoms with Gasteiger partial charge < -0.3 is 10.1 Å². The fourth-order valence-electron chi connectivity index (χ4n) is 4.56. The molecule has 11 nitrogen and oxygen atoms in total. The molecule has 0 saturated heterocycles. The van der Waals surface area contributed by atoms with E-state index in [-0.39, 0.29) is 12.0 Å². The Kier molecular flexibility index (Phi) is 7.39. The van der Waals surface area contributed by atoms with E-state index in [1.54, 1.807) is 34.1 Å². The Morgan fingerprint density at radius 3 is 2.73 bits per heavy atom. The average molecular weight is 546 g/mol. The van der Waals surface area contributed by atoms with Crippen LogP contribution >= 0.6 is 0 Å². The number of nitrogens with one attached hydrogen (secondary N) is 1. The van der Waals surface area contributed by atoms with Crippen molar-refractivity contribution < 1.29 is 9.53 Å². The molecule has 0 radical (unpaired) electrons. The van der Waals surface area contributed by atoms with Crippen molar-refractivity contribution in [1.29, 1.82) is 0 Å². The molecule has 204 valence electrons. The largest absolute Gasteiger partial charge is 0.489 e. The molecule has 4 heterocycles. The van der Waals surface area contributed by atoms with Crippen LogP contribution in [0.3, 0.4) is 0 Å². The summed E-state index contributed by atoms with van der Waals surface area (Å²) in [5.74, 6) is 0.596. The summed E-state index contributed by atoms with van der Waals surface area (Å²) in [4.78, 5) is 21.8. The molecule has 0 fully saturated rings. The van der Waals surface area contributed by atoms with Crippen molar-refractivity contribution in [2.45, 2.75) is 26.0 Å². The topological polar surface area (TPSA) is 125 Å². The summed E-state index contributed by atoms with van der Waals surface area (Å²) in [6, 6.07) is 21.1. The Morgan fingerprint density at radius 2 is 1.88 bits per heavy atom. The van der Waals surface area contributed by atoms with E-state index in [0.29, 0.717) is 24.3 Å². The number of benzene rings is 2. The van der Waals surface area contributed by atoms with Gasteiger partial charge in [0, 0.05) is 41.8 Å². The third-order valence-corrected chi connectivity index (χ3v) is 6.56. The number of aromatic nitrogens is 8. The zero-order valence-corrected chi connectivity index (χ0v) is 22.3. The predicted octanol–water partition coefficient (Wildman–Crippen LogP) is 3.88. The molecule has 0 spiro atoms. The number of carbonyl (C=O) groups excluding carboxylic acids is 1. The lowest BCUT2D eigenvalue weighted by atomic mass is 10.0. The summed E-state index contributed by atoms with van der Waals surface area (Å²) in [6.45, 7) is 3.03. The van der Waals surface area contributed by atoms with Crippen LogP contribution in [-0.2, 0) is 13.0 Å². The van der Waals surface area contributed by atoms with Crippen LogP contribution in [-0.4, -0.2) is 58.3 Å². The first-order valence-electron chi connectivity index (χ1n) is 13.2. The highest BCUT2D eigenvalue weighted by atomic mass is 16.5. The highest BCUT2D eigenvalue weighted by Crippen LogP contribution is 2.28. The van der Waals surface area contributed by atoms with E-state index in [1.165, 1.54) is 0 Å². The van der Waals surface area contributed by atoms with E-state index in [0.717, 1.165) is 40.1 Å². The Hall–Kier alpha value is -5.45. The van der Waals surface area contributed by atoms with E-state index >= 15 is 0 Å². The Bertz CT molecular complexity index is 1770. The van der Waals surface area contributed by atoms with E-state index in [2.05, 4.69) is 30.9 Å². The van der Waals surface area contributed by atoms with Gasteiger partial charge in [0.25, 0.3) is 5.91 Å². The monoisotopic (exact) mass is 545 g/mol. The molecule has 0 aliphatic heterocycles. The molecule has 11 heteroatoms. The number of carbonyl (C=O) groups is 1. The predicted molar refractivity (Wildman–Crippen MR) is 152 cm³/mol. The van der Waals surface area contributed by atoms with Crippen molar-refractivity contribution in [3.8, 4) is 28.1 Å². The molecule has 0 bridgehead atoms. The van der Waals surface area contributed by atoms with Crippen LogP contribution in [0.25, 0.3) is 28.0 Å². The van der Waals surface area contributed by atoms with Gasteiger partial charge in [0.2, 0.25) is 0 Å². The Labute approximate surface area is 235 Å². The molecule has 4 aromatic heterocycles. The summed E-state index contributed by atoms with van der Waals surface area (Å²) in [6.07, 6.45) is 9.32. The highest BCUT2D eigenvalue weighted by Gasteiger charge is 2.14. The smallest absolute Gasteiger partial charge is 0.251 e. The first kappa shape index (κ1) is 25.8. The second kappa shape index (κ2) is 11.7. The maximum atomic E-state index is 12.9. The van der Waals surface area contributed by atoms with Crippen LogP contribution in [0.15, 0.2) is 97.8 Å². The number of amides is 1. The van der Waals surface area contributed by atoms with Crippen LogP contribution < -0.4 is 10.1 Å². The van der Waals surface area contributed by atoms with Gasteiger partial charge in [0.05, 0.1) is 18.4 Å². The molecule has 1 atom stereocenters. The lowest BCUT2D eigenvalue weighted by molar-refractivity contribution is 0.0954. The molecular formula is C30H27N9O2. The minimum atomic E-state index is -0.134. The number of ether oxygens (including phenoxy) is 1. The van der Waals surface area contributed by atoms with Gasteiger partial charge in [0.15, 0.2) is 5.65 Å². The SMILES string of the molecule is C[C@@H](Cn1cnnn1)Oc1cccc(-c2ccn3ncc(-c4cccc(C(=O)NCCc5ccncc5)c4)c3n2)c1. The number of hydrogen-bond donors (Lipinski definition) is 1. The summed E-state index contributed by atoms with van der Waals surface area (Å²) in [7, 11) is 0. The third kappa shape index (κ3) is 6.09. The fourth-order valence-corrected chi connectivity index (χ4v) is 4.56. The van der Waals surface area contributed by atoms with Gasteiger partial charge in [-0.1, -0.05) is 24.3 Å². The highest BCUT2D eigenvalue weighted by molar-refractivity contribution is 5.96. The molecule has 0 aliphatic carbocycles. The molecule has 41 heavy (non-hydrogen) atoms. The van der Waals surface area contributed by atoms with Crippen molar-refractivity contribution >= 4 is 11.6 Å². The maximum absolute atomic E-state index is 12.9. The number of hydrogen-bond acceptors (Lipinski definition) is 8. The molecule has 0 saturated carbocycles. The van der Waals surface area contributed by atoms with E-state index < -0.39 is 0 Å². The van der Waals surface area contributed by atoms with Gasteiger partial charge in [-0.3, -0.25) is 9.78 Å². The molecule has 1 N–H and O–H groups in total. The van der Waals surface area contributed by atoms with Gasteiger partial charge in [-0.15, -0.1) is 5.10 Å². The molecule has 0 unspecified atom stereocenters. The van der Waals surface area contributed by atoms with E-state index in [1.807, 2.05) is 79.9 Å². The molecule has 6 rings (SSSR count). The molecule has 0 aliphatic rings. The maximum Gasteiger partial charge on any atom is 0.251 e. The zero-order valence-electron chi connectivity index (χ0n) is 22.3. The number of pyridine rings is 1. The van der Waals surface area contributed by atoms with Gasteiger partial charge in [-0.2, -0.15) is 5.10 Å². The number of fused-ring (bicyclic) bond motifs is 1. The summed E-state index contributed by atoms with van der Waals surface area (Å²) >= 11 is 0. The standard InChI is InChI=1S/C30H27N9O2/c1-21(19-38-20-33-36-37-38)41-26-7-3-5-24(17-26)28-11-15-39-29(35-28)27(18-34-39)23-4-2-6-25(16-23)30(40)32-14-10-22-8-12-31-13-9-22/h2-9,11-13,15-18,20-21H,10,14,19H2,1H3,(H,32,40)/t21-/m0/s1. The fraction of sp³-hybridized carbons (Fsp3) is 0.167. The van der Waals surface area contributed by atoms with E-state index in [9.17, 15) is 4.79 Å². The van der Waals surface area contributed by atoms with Crippen molar-refractivity contribution in [2.24, 2.45) is 0 Å². The van der Waals surface area contributed by atoms with Crippen LogP contribution in [0.1, 0.15) is 22.8 Å². The molecule has 2 aromatic carbocycles. The van der Waals surface area contributed by atoms with Crippen molar-refractivity contribution in [3.63, 3.8) is 0 Å². The van der Waals surface area contributed by atoms with Gasteiger partial charge in [-0.05, 0) is 77.4 Å². The van der Waals surface area contributed by atoms with Crippen molar-refractivity contribution in [2.75, 3.05) is 6.54 Å². The first-order valence-corrected chi connectivity index (χ1v) is 13.2. The third-order valence-electron chi connectivity index (χ3n) is 6.56. The molecular weight excluding hydrogens is 518 g/mol. The van der Waals surface area contributed by atoms with Crippen LogP contribution in [0.2, 0.25) is 0 Å². The minimum Gasteiger partial charge on any atom is -0.489 e. The first-order chi connectivity index (χ1) is 20.1. The second-order valence-corrected chi connectivity index (χ2v) is 9.57. The molecule has 1 amide bonds. The zero-order chi connectivity index (χ0) is 28.0. The Morgan fingerprint density at radius 1 is 1.02 bits per heavy atom. The normalized spacial score (nSPS) is 11.8. The van der Waals surface area contributed by atoms with Crippen LogP contribution in [0.5, 0.6) is 5.75 Å². The minimum absolute atomic E-state index is 0.128. The van der Waals surface area contributed by atoms with Crippen LogP contribution in [0.4, 0.5) is 0 Å². The lowest BCUT2D eigenvalue weighted by Crippen LogP contribution is -2.25. The lowest BCUT2D eigenvalue weighted by Gasteiger charge is -2.15. The quantitative estimate of drug-likeness (QED) is 0.275. The summed E-state index contributed by atoms with van der Waals surface area (Å²) in [5, 5.41) is 18.7. The van der Waals surface area contributed by atoms with Gasteiger partial charge in [0.1, 0.15) is 18.2 Å². The van der Waals surface area contributed by atoms with Crippen molar-refractivity contribution in [1.82, 2.24) is 45.1 Å². The van der Waals surface area contributed by atoms with Crippen molar-refractivity contribution in [3.05, 3.63) is 109 Å². The summed E-state index contributed by atoms with van der Waals surface area (Å²) in [5.41, 5.74) is 5.78. The number of nitrogens with zero attached hydrogens (tertiary/aromatic N) is 8. The second-order valence-electron chi connectivity index (χ2n) is 9.57. The summed E-state index contributed by atoms with van der Waals surface area (Å²) < 4.78 is 9.46. The van der Waals surface area contributed by atoms with Crippen LogP contribution in [0, 0.1) is 0 Å². The number of rotatable bonds is 10. The van der Waals surface area contributed by atoms with Gasteiger partial charge in [-0.25, -0.2) is 14.2 Å². The Balaban J connectivity index is 1.19. The van der Waals surface area contributed by atoms with E-state index in [4.69, 9.17) is 9.72 Å². The van der Waals surface area contributed by atoms with Gasteiger partial charge >= 0.3 is 0 Å². The number of tetrazole rings is 1.